The second kappa shape index (κ2) is 10.1. The monoisotopic (exact) mass is 402 g/mol. The van der Waals surface area contributed by atoms with E-state index in [9.17, 15) is 5.11 Å². The van der Waals surface area contributed by atoms with E-state index in [0.717, 1.165) is 49.8 Å². The van der Waals surface area contributed by atoms with E-state index >= 15 is 0 Å². The highest BCUT2D eigenvalue weighted by molar-refractivity contribution is 6.30. The molecule has 4 nitrogen and oxygen atoms in total. The first-order valence-corrected chi connectivity index (χ1v) is 10.6. The Morgan fingerprint density at radius 3 is 2.46 bits per heavy atom. The van der Waals surface area contributed by atoms with Gasteiger partial charge in [0.2, 0.25) is 0 Å². The van der Waals surface area contributed by atoms with E-state index in [0.29, 0.717) is 13.2 Å². The molecule has 1 heterocycles. The first kappa shape index (κ1) is 21.0. The van der Waals surface area contributed by atoms with Crippen LogP contribution in [0.1, 0.15) is 24.5 Å². The number of halogens is 1. The van der Waals surface area contributed by atoms with E-state index in [1.165, 1.54) is 16.8 Å². The van der Waals surface area contributed by atoms with Crippen LogP contribution in [0, 0.1) is 6.92 Å². The highest BCUT2D eigenvalue weighted by atomic mass is 35.5. The van der Waals surface area contributed by atoms with Crippen molar-refractivity contribution in [3.8, 4) is 5.75 Å². The van der Waals surface area contributed by atoms with Crippen LogP contribution in [0.25, 0.3) is 0 Å². The van der Waals surface area contributed by atoms with Gasteiger partial charge in [0.25, 0.3) is 0 Å². The zero-order valence-corrected chi connectivity index (χ0v) is 17.7. The number of aryl methyl sites for hydroxylation is 2. The minimum absolute atomic E-state index is 0.320. The van der Waals surface area contributed by atoms with Crippen molar-refractivity contribution in [3.05, 3.63) is 58.6 Å². The van der Waals surface area contributed by atoms with Gasteiger partial charge in [0.1, 0.15) is 18.5 Å². The van der Waals surface area contributed by atoms with Gasteiger partial charge in [0, 0.05) is 43.4 Å². The van der Waals surface area contributed by atoms with Crippen molar-refractivity contribution in [2.75, 3.05) is 44.2 Å². The fraction of sp³-hybridized carbons (Fsp3) is 0.478. The summed E-state index contributed by atoms with van der Waals surface area (Å²) in [4.78, 5) is 4.67. The molecule has 0 radical (unpaired) electrons. The van der Waals surface area contributed by atoms with Crippen LogP contribution in [0.3, 0.4) is 0 Å². The number of hydrogen-bond acceptors (Lipinski definition) is 4. The van der Waals surface area contributed by atoms with Gasteiger partial charge in [-0.3, -0.25) is 4.90 Å². The van der Waals surface area contributed by atoms with Gasteiger partial charge in [-0.05, 0) is 48.7 Å². The lowest BCUT2D eigenvalue weighted by Crippen LogP contribution is -2.49. The van der Waals surface area contributed by atoms with E-state index in [4.69, 9.17) is 16.3 Å². The van der Waals surface area contributed by atoms with E-state index in [2.05, 4.69) is 41.8 Å². The number of rotatable bonds is 8. The molecule has 0 aliphatic carbocycles. The molecule has 152 valence electrons. The Morgan fingerprint density at radius 2 is 1.79 bits per heavy atom. The quantitative estimate of drug-likeness (QED) is 0.719. The molecule has 3 rings (SSSR count). The number of nitrogens with zero attached hydrogens (tertiary/aromatic N) is 2. The van der Waals surface area contributed by atoms with E-state index in [1.807, 2.05) is 24.3 Å². The molecule has 0 bridgehead atoms. The maximum atomic E-state index is 10.4. The number of anilines is 1. The fourth-order valence-corrected chi connectivity index (χ4v) is 3.85. The summed E-state index contributed by atoms with van der Waals surface area (Å²) in [5.74, 6) is 0.820. The molecule has 1 fully saturated rings. The normalized spacial score (nSPS) is 16.2. The van der Waals surface area contributed by atoms with Crippen LogP contribution in [0.2, 0.25) is 5.02 Å². The average molecular weight is 403 g/mol. The van der Waals surface area contributed by atoms with Crippen LogP contribution >= 0.6 is 11.6 Å². The highest BCUT2D eigenvalue weighted by Gasteiger charge is 2.20. The Balaban J connectivity index is 1.42. The van der Waals surface area contributed by atoms with Crippen LogP contribution in [-0.2, 0) is 6.42 Å². The lowest BCUT2D eigenvalue weighted by molar-refractivity contribution is 0.0663. The van der Waals surface area contributed by atoms with Gasteiger partial charge in [-0.1, -0.05) is 43.1 Å². The largest absolute Gasteiger partial charge is 0.491 e. The maximum absolute atomic E-state index is 10.4. The van der Waals surface area contributed by atoms with Crippen LogP contribution in [0.4, 0.5) is 5.69 Å². The predicted octanol–water partition coefficient (Wildman–Crippen LogP) is 4.16. The molecule has 0 unspecified atom stereocenters. The zero-order valence-electron chi connectivity index (χ0n) is 16.9. The first-order chi connectivity index (χ1) is 13.5. The molecule has 2 aromatic carbocycles. The van der Waals surface area contributed by atoms with Gasteiger partial charge < -0.3 is 14.7 Å². The van der Waals surface area contributed by atoms with Gasteiger partial charge >= 0.3 is 0 Å². The minimum atomic E-state index is -0.491. The summed E-state index contributed by atoms with van der Waals surface area (Å²) in [6, 6.07) is 14.2. The second-order valence-electron chi connectivity index (χ2n) is 7.58. The maximum Gasteiger partial charge on any atom is 0.119 e. The van der Waals surface area contributed by atoms with E-state index in [-0.39, 0.29) is 0 Å². The molecular weight excluding hydrogens is 372 g/mol. The molecule has 0 saturated carbocycles. The molecule has 1 aliphatic rings. The molecule has 1 aliphatic heterocycles. The molecule has 1 N–H and O–H groups in total. The smallest absolute Gasteiger partial charge is 0.119 e. The summed E-state index contributed by atoms with van der Waals surface area (Å²) in [7, 11) is 0. The molecule has 0 aromatic heterocycles. The summed E-state index contributed by atoms with van der Waals surface area (Å²) in [5, 5.41) is 11.1. The third-order valence-corrected chi connectivity index (χ3v) is 5.49. The number of β-amino-alcohol motifs (C(OH)–C–C–N with tert-alkyl or cyclic N) is 1. The van der Waals surface area contributed by atoms with E-state index < -0.39 is 6.10 Å². The van der Waals surface area contributed by atoms with Gasteiger partial charge in [-0.2, -0.15) is 0 Å². The molecule has 5 heteroatoms. The Morgan fingerprint density at radius 1 is 1.07 bits per heavy atom. The second-order valence-corrected chi connectivity index (χ2v) is 8.01. The topological polar surface area (TPSA) is 35.9 Å². The van der Waals surface area contributed by atoms with Crippen LogP contribution in [0.5, 0.6) is 5.75 Å². The number of hydrogen-bond donors (Lipinski definition) is 1. The lowest BCUT2D eigenvalue weighted by Gasteiger charge is -2.37. The molecule has 2 aromatic rings. The molecule has 1 atom stereocenters. The first-order valence-electron chi connectivity index (χ1n) is 10.2. The standard InChI is InChI=1S/C23H31ClN2O2/c1-3-4-19-6-9-22(10-7-19)28-17-21(27)16-25-11-13-26(14-12-25)23-15-20(24)8-5-18(23)2/h5-10,15,21,27H,3-4,11-14,16-17H2,1-2H3/t21-/m1/s1. The number of benzene rings is 2. The molecule has 0 spiro atoms. The number of piperazine rings is 1. The van der Waals surface area contributed by atoms with Crippen LogP contribution < -0.4 is 9.64 Å². The van der Waals surface area contributed by atoms with E-state index in [1.54, 1.807) is 0 Å². The third kappa shape index (κ3) is 5.87. The summed E-state index contributed by atoms with van der Waals surface area (Å²) >= 11 is 6.16. The Hall–Kier alpha value is -1.75. The average Bonchev–Trinajstić information content (AvgIpc) is 2.70. The van der Waals surface area contributed by atoms with Gasteiger partial charge in [-0.15, -0.1) is 0 Å². The summed E-state index contributed by atoms with van der Waals surface area (Å²) in [5.41, 5.74) is 3.78. The highest BCUT2D eigenvalue weighted by Crippen LogP contribution is 2.25. The van der Waals surface area contributed by atoms with Gasteiger partial charge in [-0.25, -0.2) is 0 Å². The molecule has 1 saturated heterocycles. The van der Waals surface area contributed by atoms with Crippen molar-refractivity contribution in [1.29, 1.82) is 0 Å². The summed E-state index contributed by atoms with van der Waals surface area (Å²) < 4.78 is 5.76. The van der Waals surface area contributed by atoms with Gasteiger partial charge in [0.05, 0.1) is 0 Å². The third-order valence-electron chi connectivity index (χ3n) is 5.26. The van der Waals surface area contributed by atoms with Gasteiger partial charge in [0.15, 0.2) is 0 Å². The number of aliphatic hydroxyl groups excluding tert-OH is 1. The molecular formula is C23H31ClN2O2. The van der Waals surface area contributed by atoms with Crippen molar-refractivity contribution >= 4 is 17.3 Å². The Kier molecular flexibility index (Phi) is 7.60. The Bertz CT molecular complexity index is 743. The molecule has 0 amide bonds. The Labute approximate surface area is 173 Å². The minimum Gasteiger partial charge on any atom is -0.491 e. The fourth-order valence-electron chi connectivity index (χ4n) is 3.68. The van der Waals surface area contributed by atoms with Crippen molar-refractivity contribution in [2.24, 2.45) is 0 Å². The molecule has 28 heavy (non-hydrogen) atoms. The number of ether oxygens (including phenoxy) is 1. The number of aliphatic hydroxyl groups is 1. The van der Waals surface area contributed by atoms with Crippen molar-refractivity contribution in [2.45, 2.75) is 32.8 Å². The van der Waals surface area contributed by atoms with Crippen molar-refractivity contribution < 1.29 is 9.84 Å². The summed E-state index contributed by atoms with van der Waals surface area (Å²) in [6.07, 6.45) is 1.74. The van der Waals surface area contributed by atoms with Crippen molar-refractivity contribution in [1.82, 2.24) is 4.90 Å². The predicted molar refractivity (Wildman–Crippen MR) is 117 cm³/mol. The van der Waals surface area contributed by atoms with Crippen molar-refractivity contribution in [3.63, 3.8) is 0 Å². The van der Waals surface area contributed by atoms with Crippen LogP contribution in [-0.4, -0.2) is 55.4 Å². The summed E-state index contributed by atoms with van der Waals surface area (Å²) in [6.45, 7) is 8.98. The zero-order chi connectivity index (χ0) is 19.9. The lowest BCUT2D eigenvalue weighted by atomic mass is 10.1. The SMILES string of the molecule is CCCc1ccc(OC[C@H](O)CN2CCN(c3cc(Cl)ccc3C)CC2)cc1. The van der Waals surface area contributed by atoms with Crippen LogP contribution in [0.15, 0.2) is 42.5 Å².